The molecule has 0 aliphatic carbocycles. The minimum atomic E-state index is -0.957. The molecule has 2 aromatic carbocycles. The second kappa shape index (κ2) is 6.07. The van der Waals surface area contributed by atoms with E-state index in [0.29, 0.717) is 6.67 Å². The van der Waals surface area contributed by atoms with E-state index in [-0.39, 0.29) is 23.6 Å². The van der Waals surface area contributed by atoms with E-state index in [9.17, 15) is 9.59 Å². The monoisotopic (exact) mass is 335 g/mol. The maximum Gasteiger partial charge on any atom is 0.335 e. The fourth-order valence-electron chi connectivity index (χ4n) is 3.39. The SMILES string of the molecule is O=C(O)c1ccc(N2C=C(c3ccccc3)C3C(=O)NCNC32)cc1. The van der Waals surface area contributed by atoms with Gasteiger partial charge in [0.05, 0.1) is 18.2 Å². The lowest BCUT2D eigenvalue weighted by atomic mass is 9.91. The van der Waals surface area contributed by atoms with E-state index < -0.39 is 5.97 Å². The Hall–Kier alpha value is -3.12. The Morgan fingerprint density at radius 2 is 1.80 bits per heavy atom. The molecule has 6 nitrogen and oxygen atoms in total. The maximum atomic E-state index is 12.5. The van der Waals surface area contributed by atoms with Crippen molar-refractivity contribution < 1.29 is 14.7 Å². The summed E-state index contributed by atoms with van der Waals surface area (Å²) < 4.78 is 0. The summed E-state index contributed by atoms with van der Waals surface area (Å²) in [6, 6.07) is 16.5. The van der Waals surface area contributed by atoms with Crippen molar-refractivity contribution in [3.8, 4) is 0 Å². The second-order valence-electron chi connectivity index (χ2n) is 6.05. The van der Waals surface area contributed by atoms with Crippen LogP contribution in [-0.2, 0) is 4.79 Å². The summed E-state index contributed by atoms with van der Waals surface area (Å²) in [4.78, 5) is 25.5. The van der Waals surface area contributed by atoms with E-state index in [1.54, 1.807) is 24.3 Å². The number of carboxylic acid groups (broad SMARTS) is 1. The van der Waals surface area contributed by atoms with Crippen molar-refractivity contribution in [2.24, 2.45) is 5.92 Å². The van der Waals surface area contributed by atoms with Crippen molar-refractivity contribution in [2.75, 3.05) is 11.6 Å². The lowest BCUT2D eigenvalue weighted by molar-refractivity contribution is -0.125. The Kier molecular flexibility index (Phi) is 3.74. The fraction of sp³-hybridized carbons (Fsp3) is 0.158. The number of carbonyl (C=O) groups is 2. The highest BCUT2D eigenvalue weighted by atomic mass is 16.4. The zero-order chi connectivity index (χ0) is 17.4. The van der Waals surface area contributed by atoms with Gasteiger partial charge >= 0.3 is 5.97 Å². The van der Waals surface area contributed by atoms with Crippen LogP contribution < -0.4 is 15.5 Å². The zero-order valence-corrected chi connectivity index (χ0v) is 13.3. The van der Waals surface area contributed by atoms with E-state index in [0.717, 1.165) is 16.8 Å². The number of fused-ring (bicyclic) bond motifs is 1. The molecule has 1 saturated heterocycles. The van der Waals surface area contributed by atoms with Crippen LogP contribution in [0.2, 0.25) is 0 Å². The number of benzene rings is 2. The number of nitrogens with one attached hydrogen (secondary N) is 2. The van der Waals surface area contributed by atoms with Crippen LogP contribution in [0.5, 0.6) is 0 Å². The molecule has 0 aromatic heterocycles. The smallest absolute Gasteiger partial charge is 0.335 e. The molecule has 2 aliphatic rings. The van der Waals surface area contributed by atoms with Gasteiger partial charge in [-0.3, -0.25) is 10.1 Å². The second-order valence-corrected chi connectivity index (χ2v) is 6.05. The molecule has 0 saturated carbocycles. The lowest BCUT2D eigenvalue weighted by Gasteiger charge is -2.34. The average molecular weight is 335 g/mol. The summed E-state index contributed by atoms with van der Waals surface area (Å²) in [5.41, 5.74) is 3.02. The molecule has 3 N–H and O–H groups in total. The minimum Gasteiger partial charge on any atom is -0.478 e. The normalized spacial score (nSPS) is 22.2. The van der Waals surface area contributed by atoms with Gasteiger partial charge in [-0.05, 0) is 35.4 Å². The van der Waals surface area contributed by atoms with Gasteiger partial charge in [-0.2, -0.15) is 0 Å². The number of carboxylic acids is 1. The van der Waals surface area contributed by atoms with E-state index in [4.69, 9.17) is 5.11 Å². The third-order valence-electron chi connectivity index (χ3n) is 4.60. The van der Waals surface area contributed by atoms with Crippen molar-refractivity contribution in [1.82, 2.24) is 10.6 Å². The average Bonchev–Trinajstić information content (AvgIpc) is 3.03. The highest BCUT2D eigenvalue weighted by Gasteiger charge is 2.43. The molecule has 4 rings (SSSR count). The van der Waals surface area contributed by atoms with Crippen molar-refractivity contribution in [1.29, 1.82) is 0 Å². The van der Waals surface area contributed by atoms with Crippen LogP contribution in [-0.4, -0.2) is 29.8 Å². The third-order valence-corrected chi connectivity index (χ3v) is 4.60. The van der Waals surface area contributed by atoms with Gasteiger partial charge in [0.1, 0.15) is 6.17 Å². The Bertz CT molecular complexity index is 846. The molecular formula is C19H17N3O3. The van der Waals surface area contributed by atoms with Crippen LogP contribution >= 0.6 is 0 Å². The molecular weight excluding hydrogens is 318 g/mol. The van der Waals surface area contributed by atoms with Crippen molar-refractivity contribution >= 4 is 23.1 Å². The molecule has 126 valence electrons. The summed E-state index contributed by atoms with van der Waals surface area (Å²) in [6.45, 7) is 0.402. The molecule has 6 heteroatoms. The Morgan fingerprint density at radius 3 is 2.48 bits per heavy atom. The molecule has 2 heterocycles. The molecule has 0 radical (unpaired) electrons. The van der Waals surface area contributed by atoms with Gasteiger partial charge in [0.25, 0.3) is 0 Å². The summed E-state index contributed by atoms with van der Waals surface area (Å²) in [6.07, 6.45) is 1.78. The van der Waals surface area contributed by atoms with Gasteiger partial charge in [-0.1, -0.05) is 30.3 Å². The standard InChI is InChI=1S/C19H17N3O3/c23-18-16-15(12-4-2-1-3-5-12)10-22(17(16)20-11-21-18)14-8-6-13(7-9-14)19(24)25/h1-10,16-17,20H,11H2,(H,21,23)(H,24,25). The number of nitrogens with zero attached hydrogens (tertiary/aromatic N) is 1. The third kappa shape index (κ3) is 2.66. The van der Waals surface area contributed by atoms with Crippen LogP contribution in [0.25, 0.3) is 5.57 Å². The van der Waals surface area contributed by atoms with Crippen molar-refractivity contribution in [3.05, 3.63) is 71.9 Å². The summed E-state index contributed by atoms with van der Waals surface area (Å²) in [5.74, 6) is -1.29. The first kappa shape index (κ1) is 15.4. The van der Waals surface area contributed by atoms with Crippen molar-refractivity contribution in [2.45, 2.75) is 6.17 Å². The summed E-state index contributed by atoms with van der Waals surface area (Å²) >= 11 is 0. The highest BCUT2D eigenvalue weighted by Crippen LogP contribution is 2.38. The molecule has 2 atom stereocenters. The molecule has 1 fully saturated rings. The fourth-order valence-corrected chi connectivity index (χ4v) is 3.39. The van der Waals surface area contributed by atoms with E-state index in [1.807, 2.05) is 41.4 Å². The van der Waals surface area contributed by atoms with Gasteiger partial charge in [-0.15, -0.1) is 0 Å². The van der Waals surface area contributed by atoms with Gasteiger partial charge < -0.3 is 15.3 Å². The van der Waals surface area contributed by atoms with E-state index in [2.05, 4.69) is 10.6 Å². The van der Waals surface area contributed by atoms with E-state index in [1.165, 1.54) is 0 Å². The van der Waals surface area contributed by atoms with Crippen LogP contribution in [0, 0.1) is 5.92 Å². The largest absolute Gasteiger partial charge is 0.478 e. The molecule has 0 spiro atoms. The number of rotatable bonds is 3. The van der Waals surface area contributed by atoms with Gasteiger partial charge in [0.15, 0.2) is 0 Å². The Labute approximate surface area is 144 Å². The Balaban J connectivity index is 1.75. The number of carbonyl (C=O) groups excluding carboxylic acids is 1. The zero-order valence-electron chi connectivity index (χ0n) is 13.3. The van der Waals surface area contributed by atoms with Crippen LogP contribution in [0.3, 0.4) is 0 Å². The number of hydrogen-bond donors (Lipinski definition) is 3. The number of hydrogen-bond acceptors (Lipinski definition) is 4. The summed E-state index contributed by atoms with van der Waals surface area (Å²) in [5, 5.41) is 15.2. The van der Waals surface area contributed by atoms with Gasteiger partial charge in [0.2, 0.25) is 5.91 Å². The molecule has 2 aliphatic heterocycles. The number of aromatic carboxylic acids is 1. The lowest BCUT2D eigenvalue weighted by Crippen LogP contribution is -2.58. The van der Waals surface area contributed by atoms with Gasteiger partial charge in [0, 0.05) is 11.9 Å². The quantitative estimate of drug-likeness (QED) is 0.798. The first-order valence-electron chi connectivity index (χ1n) is 8.05. The highest BCUT2D eigenvalue weighted by molar-refractivity contribution is 5.96. The van der Waals surface area contributed by atoms with Crippen LogP contribution in [0.1, 0.15) is 15.9 Å². The number of anilines is 1. The first-order valence-corrected chi connectivity index (χ1v) is 8.05. The van der Waals surface area contributed by atoms with Crippen LogP contribution in [0.4, 0.5) is 5.69 Å². The van der Waals surface area contributed by atoms with Gasteiger partial charge in [-0.25, -0.2) is 4.79 Å². The predicted molar refractivity (Wildman–Crippen MR) is 93.7 cm³/mol. The molecule has 2 unspecified atom stereocenters. The molecule has 0 bridgehead atoms. The van der Waals surface area contributed by atoms with Crippen molar-refractivity contribution in [3.63, 3.8) is 0 Å². The van der Waals surface area contributed by atoms with E-state index >= 15 is 0 Å². The summed E-state index contributed by atoms with van der Waals surface area (Å²) in [7, 11) is 0. The molecule has 25 heavy (non-hydrogen) atoms. The molecule has 2 aromatic rings. The topological polar surface area (TPSA) is 81.7 Å². The van der Waals surface area contributed by atoms with Crippen LogP contribution in [0.15, 0.2) is 60.8 Å². The Morgan fingerprint density at radius 1 is 1.08 bits per heavy atom. The maximum absolute atomic E-state index is 12.5. The first-order chi connectivity index (χ1) is 12.1. The minimum absolute atomic E-state index is 0.0106. The molecule has 1 amide bonds. The predicted octanol–water partition coefficient (Wildman–Crippen LogP) is 1.87. The number of amides is 1.